The number of rotatable bonds is 2. The van der Waals surface area contributed by atoms with E-state index >= 15 is 0 Å². The maximum Gasteiger partial charge on any atom is 0.253 e. The topological polar surface area (TPSA) is 49.4 Å². The number of hydrogen-bond donors (Lipinski definition) is 1. The van der Waals surface area contributed by atoms with Gasteiger partial charge in [0.05, 0.1) is 0 Å². The number of halogens is 1. The molecule has 2 aliphatic rings. The molecule has 5 heteroatoms. The molecule has 0 aromatic heterocycles. The van der Waals surface area contributed by atoms with Crippen LogP contribution in [0.2, 0.25) is 5.02 Å². The summed E-state index contributed by atoms with van der Waals surface area (Å²) in [6, 6.07) is 6.52. The number of nitrogens with one attached hydrogen (secondary N) is 1. The van der Waals surface area contributed by atoms with E-state index < -0.39 is 11.6 Å². The van der Waals surface area contributed by atoms with Gasteiger partial charge < -0.3 is 5.32 Å². The van der Waals surface area contributed by atoms with Crippen LogP contribution in [-0.4, -0.2) is 23.4 Å². The van der Waals surface area contributed by atoms with Crippen molar-refractivity contribution in [3.05, 3.63) is 29.3 Å². The molecule has 106 valence electrons. The summed E-state index contributed by atoms with van der Waals surface area (Å²) in [4.78, 5) is 26.6. The fourth-order valence-electron chi connectivity index (χ4n) is 2.84. The highest BCUT2D eigenvalue weighted by atomic mass is 35.5. The molecule has 1 heterocycles. The van der Waals surface area contributed by atoms with E-state index in [1.807, 2.05) is 6.92 Å². The summed E-state index contributed by atoms with van der Waals surface area (Å²) < 4.78 is 0. The van der Waals surface area contributed by atoms with Crippen LogP contribution in [0.4, 0.5) is 5.69 Å². The smallest absolute Gasteiger partial charge is 0.253 e. The van der Waals surface area contributed by atoms with E-state index in [9.17, 15) is 9.59 Å². The van der Waals surface area contributed by atoms with Gasteiger partial charge in [-0.2, -0.15) is 0 Å². The van der Waals surface area contributed by atoms with Crippen LogP contribution in [0.3, 0.4) is 0 Å². The van der Waals surface area contributed by atoms with Crippen LogP contribution in [0, 0.1) is 5.92 Å². The number of nitrogens with zero attached hydrogens (tertiary/aromatic N) is 1. The van der Waals surface area contributed by atoms with Crippen LogP contribution < -0.4 is 10.2 Å². The Morgan fingerprint density at radius 3 is 2.40 bits per heavy atom. The summed E-state index contributed by atoms with van der Waals surface area (Å²) in [5.74, 6) is 0.115. The van der Waals surface area contributed by atoms with Crippen molar-refractivity contribution >= 4 is 29.1 Å². The standard InChI is InChI=1S/C15H17ClN2O2/c1-9-13(19)17-15(2,10-3-4-10)14(20)18(9)12-7-5-11(16)6-8-12/h5-10H,3-4H2,1-2H3,(H,17,19). The summed E-state index contributed by atoms with van der Waals surface area (Å²) in [5.41, 5.74) is -0.0583. The number of carbonyl (C=O) groups excluding carboxylic acids is 2. The average molecular weight is 293 g/mol. The molecule has 1 saturated heterocycles. The third-order valence-corrected chi connectivity index (χ3v) is 4.56. The summed E-state index contributed by atoms with van der Waals surface area (Å²) in [6.07, 6.45) is 1.98. The number of amides is 2. The number of carbonyl (C=O) groups is 2. The van der Waals surface area contributed by atoms with Crippen LogP contribution in [0.5, 0.6) is 0 Å². The van der Waals surface area contributed by atoms with Gasteiger partial charge in [-0.1, -0.05) is 11.6 Å². The minimum atomic E-state index is -0.775. The Labute approximate surface area is 123 Å². The Morgan fingerprint density at radius 1 is 1.25 bits per heavy atom. The van der Waals surface area contributed by atoms with Gasteiger partial charge in [-0.05, 0) is 56.9 Å². The van der Waals surface area contributed by atoms with Gasteiger partial charge in [-0.15, -0.1) is 0 Å². The molecule has 1 aromatic rings. The molecule has 1 aromatic carbocycles. The molecule has 1 N–H and O–H groups in total. The SMILES string of the molecule is CC1C(=O)NC(C)(C2CC2)C(=O)N1c1ccc(Cl)cc1. The second-order valence-electron chi connectivity index (χ2n) is 5.79. The third-order valence-electron chi connectivity index (χ3n) is 4.31. The average Bonchev–Trinajstić information content (AvgIpc) is 3.24. The van der Waals surface area contributed by atoms with E-state index in [2.05, 4.69) is 5.32 Å². The summed E-state index contributed by atoms with van der Waals surface area (Å²) in [6.45, 7) is 3.58. The highest BCUT2D eigenvalue weighted by Gasteiger charge is 2.54. The summed E-state index contributed by atoms with van der Waals surface area (Å²) in [7, 11) is 0. The molecule has 0 radical (unpaired) electrons. The molecular formula is C15H17ClN2O2. The van der Waals surface area contributed by atoms with Gasteiger partial charge in [0, 0.05) is 10.7 Å². The first-order valence-electron chi connectivity index (χ1n) is 6.85. The van der Waals surface area contributed by atoms with Crippen molar-refractivity contribution in [2.45, 2.75) is 38.3 Å². The number of anilines is 1. The van der Waals surface area contributed by atoms with Crippen molar-refractivity contribution in [3.63, 3.8) is 0 Å². The lowest BCUT2D eigenvalue weighted by molar-refractivity contribution is -0.138. The van der Waals surface area contributed by atoms with Crippen molar-refractivity contribution < 1.29 is 9.59 Å². The fourth-order valence-corrected chi connectivity index (χ4v) is 2.96. The lowest BCUT2D eigenvalue weighted by atomic mass is 9.89. The first-order chi connectivity index (χ1) is 9.43. The minimum Gasteiger partial charge on any atom is -0.340 e. The molecule has 2 amide bonds. The van der Waals surface area contributed by atoms with Gasteiger partial charge in [-0.3, -0.25) is 14.5 Å². The Morgan fingerprint density at radius 2 is 1.85 bits per heavy atom. The number of benzene rings is 1. The Bertz CT molecular complexity index is 568. The predicted octanol–water partition coefficient (Wildman–Crippen LogP) is 2.36. The molecule has 4 nitrogen and oxygen atoms in total. The van der Waals surface area contributed by atoms with E-state index in [0.29, 0.717) is 10.7 Å². The van der Waals surface area contributed by atoms with Gasteiger partial charge in [0.2, 0.25) is 5.91 Å². The summed E-state index contributed by atoms with van der Waals surface area (Å²) in [5, 5.41) is 3.52. The maximum atomic E-state index is 12.8. The first-order valence-corrected chi connectivity index (χ1v) is 7.22. The quantitative estimate of drug-likeness (QED) is 0.910. The van der Waals surface area contributed by atoms with Crippen LogP contribution in [0.15, 0.2) is 24.3 Å². The minimum absolute atomic E-state index is 0.0329. The van der Waals surface area contributed by atoms with Gasteiger partial charge in [0.25, 0.3) is 5.91 Å². The van der Waals surface area contributed by atoms with Crippen molar-refractivity contribution in [1.82, 2.24) is 5.32 Å². The van der Waals surface area contributed by atoms with Gasteiger partial charge in [0.15, 0.2) is 0 Å². The monoisotopic (exact) mass is 292 g/mol. The Hall–Kier alpha value is -1.55. The van der Waals surface area contributed by atoms with Crippen LogP contribution in [0.1, 0.15) is 26.7 Å². The van der Waals surface area contributed by atoms with E-state index in [4.69, 9.17) is 11.6 Å². The second-order valence-corrected chi connectivity index (χ2v) is 6.23. The van der Waals surface area contributed by atoms with Crippen LogP contribution in [-0.2, 0) is 9.59 Å². The normalized spacial score (nSPS) is 30.4. The molecule has 0 bridgehead atoms. The molecule has 2 unspecified atom stereocenters. The van der Waals surface area contributed by atoms with E-state index in [0.717, 1.165) is 12.8 Å². The molecule has 1 aliphatic heterocycles. The van der Waals surface area contributed by atoms with Crippen LogP contribution in [0.25, 0.3) is 0 Å². The van der Waals surface area contributed by atoms with Crippen molar-refractivity contribution in [1.29, 1.82) is 0 Å². The third kappa shape index (κ3) is 1.99. The molecule has 0 spiro atoms. The fraction of sp³-hybridized carbons (Fsp3) is 0.467. The second kappa shape index (κ2) is 4.48. The van der Waals surface area contributed by atoms with Crippen molar-refractivity contribution in [2.75, 3.05) is 4.90 Å². The summed E-state index contributed by atoms with van der Waals surface area (Å²) >= 11 is 5.89. The van der Waals surface area contributed by atoms with Gasteiger partial charge >= 0.3 is 0 Å². The van der Waals surface area contributed by atoms with Gasteiger partial charge in [-0.25, -0.2) is 0 Å². The van der Waals surface area contributed by atoms with Crippen molar-refractivity contribution in [3.8, 4) is 0 Å². The van der Waals surface area contributed by atoms with E-state index in [-0.39, 0.29) is 17.7 Å². The molecule has 1 saturated carbocycles. The maximum absolute atomic E-state index is 12.8. The van der Waals surface area contributed by atoms with Crippen molar-refractivity contribution in [2.24, 2.45) is 5.92 Å². The molecule has 20 heavy (non-hydrogen) atoms. The van der Waals surface area contributed by atoms with Crippen LogP contribution >= 0.6 is 11.6 Å². The molecule has 2 atom stereocenters. The highest BCUT2D eigenvalue weighted by molar-refractivity contribution is 6.30. The first kappa shape index (κ1) is 13.4. The largest absolute Gasteiger partial charge is 0.340 e. The molecular weight excluding hydrogens is 276 g/mol. The Balaban J connectivity index is 2.00. The highest BCUT2D eigenvalue weighted by Crippen LogP contribution is 2.43. The molecule has 1 aliphatic carbocycles. The van der Waals surface area contributed by atoms with E-state index in [1.54, 1.807) is 36.1 Å². The zero-order valence-electron chi connectivity index (χ0n) is 11.5. The number of piperazine rings is 1. The zero-order chi connectivity index (χ0) is 14.5. The Kier molecular flexibility index (Phi) is 3.01. The van der Waals surface area contributed by atoms with E-state index in [1.165, 1.54) is 0 Å². The molecule has 2 fully saturated rings. The molecule has 3 rings (SSSR count). The van der Waals surface area contributed by atoms with Gasteiger partial charge in [0.1, 0.15) is 11.6 Å². The predicted molar refractivity (Wildman–Crippen MR) is 77.7 cm³/mol. The lowest BCUT2D eigenvalue weighted by Gasteiger charge is -2.43. The number of hydrogen-bond acceptors (Lipinski definition) is 2. The zero-order valence-corrected chi connectivity index (χ0v) is 12.3. The lowest BCUT2D eigenvalue weighted by Crippen LogP contribution is -2.69.